The number of likely N-dealkylation sites (tertiary alicyclic amines) is 1. The van der Waals surface area contributed by atoms with Crippen molar-refractivity contribution < 1.29 is 22.7 Å². The Morgan fingerprint density at radius 1 is 1.45 bits per heavy atom. The summed E-state index contributed by atoms with van der Waals surface area (Å²) in [6, 6.07) is 0.570. The largest absolute Gasteiger partial charge is 0.459 e. The summed E-state index contributed by atoms with van der Waals surface area (Å²) in [5.74, 6) is -2.60. The van der Waals surface area contributed by atoms with Crippen LogP contribution in [0.4, 0.5) is 13.2 Å². The summed E-state index contributed by atoms with van der Waals surface area (Å²) in [4.78, 5) is 13.4. The highest BCUT2D eigenvalue weighted by Crippen LogP contribution is 2.29. The van der Waals surface area contributed by atoms with E-state index in [4.69, 9.17) is 10.00 Å². The van der Waals surface area contributed by atoms with Gasteiger partial charge in [0.1, 0.15) is 11.6 Å². The van der Waals surface area contributed by atoms with Gasteiger partial charge < -0.3 is 4.74 Å². The van der Waals surface area contributed by atoms with Crippen LogP contribution >= 0.6 is 0 Å². The fraction of sp³-hybridized carbons (Fsp3) is 0.846. The van der Waals surface area contributed by atoms with E-state index in [9.17, 15) is 18.0 Å². The molecule has 0 aromatic carbocycles. The SMILES string of the molecule is CC(C)(C)OC(=O)[C@@H]1CCCN1CC(C#N)C(F)(F)F. The van der Waals surface area contributed by atoms with E-state index < -0.39 is 36.3 Å². The summed E-state index contributed by atoms with van der Waals surface area (Å²) in [5, 5.41) is 8.62. The average molecular weight is 292 g/mol. The van der Waals surface area contributed by atoms with Crippen molar-refractivity contribution in [1.82, 2.24) is 4.90 Å². The number of nitrogens with zero attached hydrogens (tertiary/aromatic N) is 2. The van der Waals surface area contributed by atoms with Crippen LogP contribution in [0.5, 0.6) is 0 Å². The normalized spacial score (nSPS) is 22.4. The Morgan fingerprint density at radius 3 is 2.50 bits per heavy atom. The van der Waals surface area contributed by atoms with E-state index >= 15 is 0 Å². The maximum atomic E-state index is 12.6. The zero-order valence-corrected chi connectivity index (χ0v) is 11.8. The minimum atomic E-state index is -4.57. The summed E-state index contributed by atoms with van der Waals surface area (Å²) in [7, 11) is 0. The van der Waals surface area contributed by atoms with Gasteiger partial charge in [-0.2, -0.15) is 18.4 Å². The van der Waals surface area contributed by atoms with Crippen molar-refractivity contribution in [1.29, 1.82) is 5.26 Å². The maximum Gasteiger partial charge on any atom is 0.405 e. The van der Waals surface area contributed by atoms with Crippen LogP contribution in [0.15, 0.2) is 0 Å². The highest BCUT2D eigenvalue weighted by Gasteiger charge is 2.44. The molecule has 114 valence electrons. The molecular weight excluding hydrogens is 273 g/mol. The number of hydrogen-bond acceptors (Lipinski definition) is 4. The third kappa shape index (κ3) is 4.67. The molecule has 2 atom stereocenters. The minimum absolute atomic E-state index is 0.373. The molecule has 1 saturated heterocycles. The number of nitriles is 1. The first-order chi connectivity index (χ1) is 9.04. The summed E-state index contributed by atoms with van der Waals surface area (Å²) < 4.78 is 43.0. The van der Waals surface area contributed by atoms with Gasteiger partial charge in [0.05, 0.1) is 6.07 Å². The van der Waals surface area contributed by atoms with Crippen LogP contribution in [0.2, 0.25) is 0 Å². The maximum absolute atomic E-state index is 12.6. The molecule has 0 spiro atoms. The number of alkyl halides is 3. The van der Waals surface area contributed by atoms with Crippen molar-refractivity contribution >= 4 is 5.97 Å². The van der Waals surface area contributed by atoms with Gasteiger partial charge in [-0.3, -0.25) is 9.69 Å². The number of ether oxygens (including phenoxy) is 1. The third-order valence-electron chi connectivity index (χ3n) is 3.01. The number of carbonyl (C=O) groups is 1. The quantitative estimate of drug-likeness (QED) is 0.750. The van der Waals surface area contributed by atoms with Crippen molar-refractivity contribution in [2.24, 2.45) is 5.92 Å². The van der Waals surface area contributed by atoms with Crippen LogP contribution in [0, 0.1) is 17.2 Å². The molecule has 0 amide bonds. The second-order valence-electron chi connectivity index (χ2n) is 5.91. The van der Waals surface area contributed by atoms with E-state index in [1.807, 2.05) is 0 Å². The standard InChI is InChI=1S/C13H19F3N2O2/c1-12(2,3)20-11(19)10-5-4-6-18(10)8-9(7-17)13(14,15)16/h9-10H,4-6,8H2,1-3H3/t9?,10-/m0/s1. The summed E-state index contributed by atoms with van der Waals surface area (Å²) >= 11 is 0. The molecule has 0 aliphatic carbocycles. The molecule has 7 heteroatoms. The van der Waals surface area contributed by atoms with E-state index in [1.54, 1.807) is 20.8 Å². The van der Waals surface area contributed by atoms with Crippen LogP contribution in [-0.4, -0.2) is 41.8 Å². The fourth-order valence-corrected chi connectivity index (χ4v) is 2.13. The third-order valence-corrected chi connectivity index (χ3v) is 3.01. The van der Waals surface area contributed by atoms with Crippen molar-refractivity contribution in [3.8, 4) is 6.07 Å². The highest BCUT2D eigenvalue weighted by atomic mass is 19.4. The molecule has 0 saturated carbocycles. The molecule has 0 radical (unpaired) electrons. The van der Waals surface area contributed by atoms with Gasteiger partial charge in [-0.25, -0.2) is 0 Å². The second-order valence-corrected chi connectivity index (χ2v) is 5.91. The predicted molar refractivity (Wildman–Crippen MR) is 65.6 cm³/mol. The Balaban J connectivity index is 2.71. The van der Waals surface area contributed by atoms with Gasteiger partial charge in [0, 0.05) is 6.54 Å². The smallest absolute Gasteiger partial charge is 0.405 e. The van der Waals surface area contributed by atoms with Crippen LogP contribution in [0.3, 0.4) is 0 Å². The molecule has 4 nitrogen and oxygen atoms in total. The zero-order chi connectivity index (χ0) is 15.6. The van der Waals surface area contributed by atoms with E-state index in [0.717, 1.165) is 0 Å². The van der Waals surface area contributed by atoms with Crippen molar-refractivity contribution in [2.45, 2.75) is 51.4 Å². The van der Waals surface area contributed by atoms with Gasteiger partial charge in [-0.1, -0.05) is 0 Å². The first-order valence-corrected chi connectivity index (χ1v) is 6.48. The lowest BCUT2D eigenvalue weighted by molar-refractivity contribution is -0.171. The molecule has 1 fully saturated rings. The van der Waals surface area contributed by atoms with Crippen LogP contribution in [0.25, 0.3) is 0 Å². The Morgan fingerprint density at radius 2 is 2.05 bits per heavy atom. The van der Waals surface area contributed by atoms with E-state index in [0.29, 0.717) is 19.4 Å². The number of esters is 1. The molecular formula is C13H19F3N2O2. The van der Waals surface area contributed by atoms with Gasteiger partial charge in [-0.05, 0) is 40.2 Å². The summed E-state index contributed by atoms with van der Waals surface area (Å²) in [6.45, 7) is 5.01. The lowest BCUT2D eigenvalue weighted by atomic mass is 10.1. The van der Waals surface area contributed by atoms with E-state index in [2.05, 4.69) is 0 Å². The molecule has 0 aromatic heterocycles. The number of halogens is 3. The Hall–Kier alpha value is -1.29. The van der Waals surface area contributed by atoms with Gasteiger partial charge in [0.15, 0.2) is 5.92 Å². The Labute approximate surface area is 116 Å². The first-order valence-electron chi connectivity index (χ1n) is 6.48. The second kappa shape index (κ2) is 6.00. The lowest BCUT2D eigenvalue weighted by Crippen LogP contribution is -2.44. The zero-order valence-electron chi connectivity index (χ0n) is 11.8. The number of hydrogen-bond donors (Lipinski definition) is 0. The van der Waals surface area contributed by atoms with Crippen LogP contribution in [0.1, 0.15) is 33.6 Å². The summed E-state index contributed by atoms with van der Waals surface area (Å²) in [6.07, 6.45) is -3.49. The van der Waals surface area contributed by atoms with Gasteiger partial charge in [0.25, 0.3) is 0 Å². The Bertz CT molecular complexity index is 396. The van der Waals surface area contributed by atoms with Crippen molar-refractivity contribution in [3.05, 3.63) is 0 Å². The predicted octanol–water partition coefficient (Wildman–Crippen LogP) is 2.49. The number of rotatable bonds is 3. The molecule has 0 N–H and O–H groups in total. The monoisotopic (exact) mass is 292 g/mol. The van der Waals surface area contributed by atoms with E-state index in [1.165, 1.54) is 11.0 Å². The minimum Gasteiger partial charge on any atom is -0.459 e. The summed E-state index contributed by atoms with van der Waals surface area (Å²) in [5.41, 5.74) is -0.677. The number of carbonyl (C=O) groups excluding carboxylic acids is 1. The molecule has 1 aliphatic heterocycles. The molecule has 1 heterocycles. The van der Waals surface area contributed by atoms with Gasteiger partial charge >= 0.3 is 12.1 Å². The molecule has 1 unspecified atom stereocenters. The molecule has 0 bridgehead atoms. The fourth-order valence-electron chi connectivity index (χ4n) is 2.13. The molecule has 1 rings (SSSR count). The van der Waals surface area contributed by atoms with Gasteiger partial charge in [-0.15, -0.1) is 0 Å². The topological polar surface area (TPSA) is 53.3 Å². The van der Waals surface area contributed by atoms with Crippen LogP contribution < -0.4 is 0 Å². The van der Waals surface area contributed by atoms with Crippen LogP contribution in [-0.2, 0) is 9.53 Å². The highest BCUT2D eigenvalue weighted by molar-refractivity contribution is 5.76. The van der Waals surface area contributed by atoms with Crippen molar-refractivity contribution in [2.75, 3.05) is 13.1 Å². The first kappa shape index (κ1) is 16.8. The van der Waals surface area contributed by atoms with Gasteiger partial charge in [0.2, 0.25) is 0 Å². The molecule has 20 heavy (non-hydrogen) atoms. The Kier molecular flexibility index (Phi) is 5.03. The lowest BCUT2D eigenvalue weighted by Gasteiger charge is -2.28. The van der Waals surface area contributed by atoms with Crippen molar-refractivity contribution in [3.63, 3.8) is 0 Å². The van der Waals surface area contributed by atoms with E-state index in [-0.39, 0.29) is 0 Å². The molecule has 0 aromatic rings. The average Bonchev–Trinajstić information content (AvgIpc) is 2.69. The molecule has 1 aliphatic rings.